The molecular weight excluding hydrogens is 342 g/mol. The predicted octanol–water partition coefficient (Wildman–Crippen LogP) is 3.79. The van der Waals surface area contributed by atoms with Crippen molar-refractivity contribution in [2.24, 2.45) is 4.99 Å². The number of hydrogen-bond acceptors (Lipinski definition) is 4. The van der Waals surface area contributed by atoms with Crippen molar-refractivity contribution in [1.29, 1.82) is 0 Å². The highest BCUT2D eigenvalue weighted by molar-refractivity contribution is 8.18. The van der Waals surface area contributed by atoms with Crippen LogP contribution in [0, 0.1) is 6.92 Å². The summed E-state index contributed by atoms with van der Waals surface area (Å²) in [6.07, 6.45) is 1.93. The van der Waals surface area contributed by atoms with Gasteiger partial charge in [0.2, 0.25) is 0 Å². The first-order valence-electron chi connectivity index (χ1n) is 8.83. The summed E-state index contributed by atoms with van der Waals surface area (Å²) in [5.41, 5.74) is 3.51. The molecule has 0 aliphatic carbocycles. The molecule has 2 heterocycles. The topological polar surface area (TPSA) is 35.9 Å². The molecule has 4 rings (SSSR count). The quantitative estimate of drug-likeness (QED) is 0.761. The van der Waals surface area contributed by atoms with Crippen LogP contribution < -0.4 is 4.90 Å². The van der Waals surface area contributed by atoms with Gasteiger partial charge in [-0.15, -0.1) is 0 Å². The number of amides is 1. The third-order valence-electron chi connectivity index (χ3n) is 4.66. The Bertz CT molecular complexity index is 851. The Morgan fingerprint density at radius 1 is 0.923 bits per heavy atom. The SMILES string of the molecule is Cc1ccc(/C=C2/SC(N3CCN(c4ccccc4)CC3)=NC2=O)cc1. The molecule has 1 fully saturated rings. The van der Waals surface area contributed by atoms with E-state index in [0.717, 1.165) is 36.9 Å². The first-order valence-corrected chi connectivity index (χ1v) is 9.65. The van der Waals surface area contributed by atoms with E-state index in [2.05, 4.69) is 58.1 Å². The number of piperazine rings is 1. The van der Waals surface area contributed by atoms with Gasteiger partial charge in [-0.3, -0.25) is 4.79 Å². The number of amidine groups is 1. The van der Waals surface area contributed by atoms with Gasteiger partial charge in [-0.05, 0) is 42.5 Å². The van der Waals surface area contributed by atoms with Crippen LogP contribution in [0.4, 0.5) is 5.69 Å². The fourth-order valence-corrected chi connectivity index (χ4v) is 4.11. The third kappa shape index (κ3) is 3.68. The first-order chi connectivity index (χ1) is 12.7. The number of para-hydroxylation sites is 1. The van der Waals surface area contributed by atoms with Crippen LogP contribution in [-0.4, -0.2) is 42.2 Å². The number of nitrogens with zero attached hydrogens (tertiary/aromatic N) is 3. The second-order valence-corrected chi connectivity index (χ2v) is 7.54. The lowest BCUT2D eigenvalue weighted by molar-refractivity contribution is -0.113. The Morgan fingerprint density at radius 3 is 2.27 bits per heavy atom. The maximum Gasteiger partial charge on any atom is 0.286 e. The summed E-state index contributed by atoms with van der Waals surface area (Å²) in [7, 11) is 0. The largest absolute Gasteiger partial charge is 0.368 e. The number of aryl methyl sites for hydroxylation is 1. The van der Waals surface area contributed by atoms with E-state index in [1.54, 1.807) is 0 Å². The summed E-state index contributed by atoms with van der Waals surface area (Å²) < 4.78 is 0. The molecule has 2 aromatic rings. The van der Waals surface area contributed by atoms with Gasteiger partial charge in [-0.25, -0.2) is 0 Å². The lowest BCUT2D eigenvalue weighted by Crippen LogP contribution is -2.47. The van der Waals surface area contributed by atoms with Gasteiger partial charge in [0, 0.05) is 31.9 Å². The van der Waals surface area contributed by atoms with Crippen LogP contribution in [-0.2, 0) is 4.79 Å². The number of thioether (sulfide) groups is 1. The average Bonchev–Trinajstić information content (AvgIpc) is 3.05. The van der Waals surface area contributed by atoms with Crippen molar-refractivity contribution in [3.05, 3.63) is 70.6 Å². The molecule has 2 aromatic carbocycles. The van der Waals surface area contributed by atoms with Crippen molar-refractivity contribution < 1.29 is 4.79 Å². The summed E-state index contributed by atoms with van der Waals surface area (Å²) in [5, 5.41) is 0.834. The smallest absolute Gasteiger partial charge is 0.286 e. The number of carbonyl (C=O) groups is 1. The van der Waals surface area contributed by atoms with E-state index < -0.39 is 0 Å². The van der Waals surface area contributed by atoms with Gasteiger partial charge >= 0.3 is 0 Å². The van der Waals surface area contributed by atoms with E-state index in [4.69, 9.17) is 0 Å². The number of rotatable bonds is 2. The number of anilines is 1. The molecule has 0 spiro atoms. The van der Waals surface area contributed by atoms with E-state index in [0.29, 0.717) is 4.91 Å². The lowest BCUT2D eigenvalue weighted by atomic mass is 10.1. The summed E-state index contributed by atoms with van der Waals surface area (Å²) >= 11 is 1.49. The normalized spacial score (nSPS) is 19.2. The molecule has 0 N–H and O–H groups in total. The molecule has 0 radical (unpaired) electrons. The second kappa shape index (κ2) is 7.38. The number of hydrogen-bond donors (Lipinski definition) is 0. The van der Waals surface area contributed by atoms with Crippen LogP contribution in [0.3, 0.4) is 0 Å². The molecule has 4 nitrogen and oxygen atoms in total. The van der Waals surface area contributed by atoms with Gasteiger partial charge in [0.1, 0.15) is 0 Å². The van der Waals surface area contributed by atoms with Crippen LogP contribution in [0.5, 0.6) is 0 Å². The molecular formula is C21H21N3OS. The van der Waals surface area contributed by atoms with Crippen LogP contribution in [0.25, 0.3) is 6.08 Å². The minimum Gasteiger partial charge on any atom is -0.368 e. The number of benzene rings is 2. The van der Waals surface area contributed by atoms with E-state index in [-0.39, 0.29) is 5.91 Å². The van der Waals surface area contributed by atoms with Gasteiger partial charge < -0.3 is 9.80 Å². The summed E-state index contributed by atoms with van der Waals surface area (Å²) in [6.45, 7) is 5.70. The Morgan fingerprint density at radius 2 is 1.58 bits per heavy atom. The lowest BCUT2D eigenvalue weighted by Gasteiger charge is -2.36. The Kier molecular flexibility index (Phi) is 4.80. The summed E-state index contributed by atoms with van der Waals surface area (Å²) in [6, 6.07) is 18.6. The molecule has 0 atom stereocenters. The van der Waals surface area contributed by atoms with E-state index >= 15 is 0 Å². The highest BCUT2D eigenvalue weighted by Crippen LogP contribution is 2.31. The van der Waals surface area contributed by atoms with Crippen LogP contribution in [0.2, 0.25) is 0 Å². The standard InChI is InChI=1S/C21H21N3OS/c1-16-7-9-17(10-8-16)15-19-20(25)22-21(26-19)24-13-11-23(12-14-24)18-5-3-2-4-6-18/h2-10,15H,11-14H2,1H3/b19-15+. The molecule has 2 aliphatic rings. The molecule has 2 aliphatic heterocycles. The fourth-order valence-electron chi connectivity index (χ4n) is 3.14. The number of aliphatic imine (C=N–C) groups is 1. The fraction of sp³-hybridized carbons (Fsp3) is 0.238. The predicted molar refractivity (Wildman–Crippen MR) is 109 cm³/mol. The molecule has 1 amide bonds. The maximum atomic E-state index is 12.3. The number of carbonyl (C=O) groups excluding carboxylic acids is 1. The second-order valence-electron chi connectivity index (χ2n) is 6.53. The van der Waals surface area contributed by atoms with Gasteiger partial charge in [-0.1, -0.05) is 48.0 Å². The molecule has 0 saturated carbocycles. The average molecular weight is 363 g/mol. The monoisotopic (exact) mass is 363 g/mol. The van der Waals surface area contributed by atoms with Gasteiger partial charge in [0.15, 0.2) is 5.17 Å². The van der Waals surface area contributed by atoms with Crippen LogP contribution in [0.1, 0.15) is 11.1 Å². The zero-order chi connectivity index (χ0) is 17.9. The highest BCUT2D eigenvalue weighted by Gasteiger charge is 2.28. The molecule has 26 heavy (non-hydrogen) atoms. The zero-order valence-corrected chi connectivity index (χ0v) is 15.6. The maximum absolute atomic E-state index is 12.3. The Balaban J connectivity index is 1.40. The van der Waals surface area contributed by atoms with E-state index in [1.807, 2.05) is 24.3 Å². The van der Waals surface area contributed by atoms with Crippen molar-refractivity contribution in [3.8, 4) is 0 Å². The van der Waals surface area contributed by atoms with E-state index in [1.165, 1.54) is 23.0 Å². The first kappa shape index (κ1) is 16.9. The van der Waals surface area contributed by atoms with Crippen molar-refractivity contribution >= 4 is 34.6 Å². The molecule has 1 saturated heterocycles. The van der Waals surface area contributed by atoms with Crippen LogP contribution >= 0.6 is 11.8 Å². The molecule has 0 unspecified atom stereocenters. The minimum absolute atomic E-state index is 0.129. The third-order valence-corrected chi connectivity index (χ3v) is 5.70. The van der Waals surface area contributed by atoms with E-state index in [9.17, 15) is 4.79 Å². The Labute approximate surface area is 158 Å². The van der Waals surface area contributed by atoms with Gasteiger partial charge in [-0.2, -0.15) is 4.99 Å². The minimum atomic E-state index is -0.129. The van der Waals surface area contributed by atoms with Crippen molar-refractivity contribution in [3.63, 3.8) is 0 Å². The molecule has 5 heteroatoms. The Hall–Kier alpha value is -2.53. The van der Waals surface area contributed by atoms with Gasteiger partial charge in [0.05, 0.1) is 4.91 Å². The van der Waals surface area contributed by atoms with Crippen molar-refractivity contribution in [2.45, 2.75) is 6.92 Å². The van der Waals surface area contributed by atoms with Crippen LogP contribution in [0.15, 0.2) is 64.5 Å². The van der Waals surface area contributed by atoms with Crippen molar-refractivity contribution in [2.75, 3.05) is 31.1 Å². The summed E-state index contributed by atoms with van der Waals surface area (Å²) in [4.78, 5) is 21.9. The van der Waals surface area contributed by atoms with Crippen molar-refractivity contribution in [1.82, 2.24) is 4.90 Å². The molecule has 0 bridgehead atoms. The molecule has 0 aromatic heterocycles. The summed E-state index contributed by atoms with van der Waals surface area (Å²) in [5.74, 6) is -0.129. The van der Waals surface area contributed by atoms with Gasteiger partial charge in [0.25, 0.3) is 5.91 Å². The molecule has 132 valence electrons. The highest BCUT2D eigenvalue weighted by atomic mass is 32.2. The zero-order valence-electron chi connectivity index (χ0n) is 14.8.